The average Bonchev–Trinajstić information content (AvgIpc) is 2.80. The fraction of sp³-hybridized carbons (Fsp3) is 0.615. The Morgan fingerprint density at radius 3 is 2.52 bits per heavy atom. The molecule has 1 heterocycles. The predicted octanol–water partition coefficient (Wildman–Crippen LogP) is 1.76. The van der Waals surface area contributed by atoms with E-state index < -0.39 is 16.0 Å². The van der Waals surface area contributed by atoms with E-state index >= 15 is 0 Å². The van der Waals surface area contributed by atoms with Gasteiger partial charge in [-0.3, -0.25) is 0 Å². The van der Waals surface area contributed by atoms with Crippen molar-refractivity contribution >= 4 is 27.3 Å². The molecule has 0 aromatic carbocycles. The number of nitrogens with zero attached hydrogens (tertiary/aromatic N) is 1. The first kappa shape index (κ1) is 18.1. The molecule has 1 rings (SSSR count). The molecule has 8 heteroatoms. The minimum atomic E-state index is -3.64. The zero-order chi connectivity index (χ0) is 16.0. The molecule has 0 atom stereocenters. The number of carbonyl (C=O) groups is 1. The van der Waals surface area contributed by atoms with Crippen molar-refractivity contribution in [2.24, 2.45) is 0 Å². The summed E-state index contributed by atoms with van der Waals surface area (Å²) >= 11 is 0.786. The lowest BCUT2D eigenvalue weighted by molar-refractivity contribution is 0.0701. The third kappa shape index (κ3) is 5.06. The van der Waals surface area contributed by atoms with Gasteiger partial charge >= 0.3 is 5.97 Å². The number of hydrogen-bond acceptors (Lipinski definition) is 5. The summed E-state index contributed by atoms with van der Waals surface area (Å²) in [6.07, 6.45) is 1.02. The van der Waals surface area contributed by atoms with Gasteiger partial charge in [0, 0.05) is 13.1 Å². The van der Waals surface area contributed by atoms with E-state index in [0.717, 1.165) is 30.8 Å². The van der Waals surface area contributed by atoms with Crippen LogP contribution in [0.1, 0.15) is 35.5 Å². The van der Waals surface area contributed by atoms with E-state index in [1.54, 1.807) is 6.92 Å². The van der Waals surface area contributed by atoms with E-state index in [1.165, 1.54) is 6.07 Å². The maximum Gasteiger partial charge on any atom is 0.346 e. The Bertz CT molecular complexity index is 581. The second-order valence-corrected chi connectivity index (χ2v) is 7.76. The summed E-state index contributed by atoms with van der Waals surface area (Å²) in [7, 11) is -3.64. The molecule has 21 heavy (non-hydrogen) atoms. The van der Waals surface area contributed by atoms with Crippen LogP contribution in [0.25, 0.3) is 0 Å². The van der Waals surface area contributed by atoms with Gasteiger partial charge in [-0.2, -0.15) is 0 Å². The molecule has 0 fully saturated rings. The third-order valence-electron chi connectivity index (χ3n) is 3.06. The van der Waals surface area contributed by atoms with Crippen molar-refractivity contribution in [3.05, 3.63) is 16.5 Å². The van der Waals surface area contributed by atoms with Crippen LogP contribution >= 0.6 is 11.3 Å². The number of sulfonamides is 1. The molecule has 1 aromatic heterocycles. The molecule has 0 spiro atoms. The first-order chi connectivity index (χ1) is 9.81. The van der Waals surface area contributed by atoms with Crippen LogP contribution in [0, 0.1) is 6.92 Å². The van der Waals surface area contributed by atoms with Crippen LogP contribution in [0.4, 0.5) is 0 Å². The Labute approximate surface area is 129 Å². The van der Waals surface area contributed by atoms with Crippen molar-refractivity contribution < 1.29 is 18.3 Å². The molecular formula is C13H22N2O4S2. The molecule has 1 aromatic rings. The fourth-order valence-electron chi connectivity index (χ4n) is 1.95. The molecule has 2 N–H and O–H groups in total. The van der Waals surface area contributed by atoms with Crippen LogP contribution < -0.4 is 4.72 Å². The zero-order valence-corrected chi connectivity index (χ0v) is 14.2. The highest BCUT2D eigenvalue weighted by atomic mass is 32.2. The van der Waals surface area contributed by atoms with Crippen molar-refractivity contribution in [3.8, 4) is 0 Å². The molecule has 0 saturated carbocycles. The standard InChI is InChI=1S/C13H22N2O4S2/c1-4-7-15(5-2)8-6-14-21(18,19)11-9-10(3)12(20-11)13(16)17/h9,14H,4-8H2,1-3H3,(H,16,17). The van der Waals surface area contributed by atoms with Crippen molar-refractivity contribution in [1.82, 2.24) is 9.62 Å². The van der Waals surface area contributed by atoms with Gasteiger partial charge in [0.15, 0.2) is 0 Å². The molecule has 0 aliphatic rings. The number of rotatable bonds is 9. The van der Waals surface area contributed by atoms with Crippen molar-refractivity contribution in [2.45, 2.75) is 31.4 Å². The monoisotopic (exact) mass is 334 g/mol. The number of thiophene rings is 1. The van der Waals surface area contributed by atoms with Gasteiger partial charge in [-0.25, -0.2) is 17.9 Å². The summed E-state index contributed by atoms with van der Waals surface area (Å²) in [5.74, 6) is -1.10. The lowest BCUT2D eigenvalue weighted by Crippen LogP contribution is -2.35. The summed E-state index contributed by atoms with van der Waals surface area (Å²) in [6, 6.07) is 1.40. The van der Waals surface area contributed by atoms with Gasteiger partial charge in [0.05, 0.1) is 0 Å². The number of carboxylic acid groups (broad SMARTS) is 1. The van der Waals surface area contributed by atoms with Crippen molar-refractivity contribution in [2.75, 3.05) is 26.2 Å². The molecular weight excluding hydrogens is 312 g/mol. The van der Waals surface area contributed by atoms with Crippen LogP contribution in [-0.2, 0) is 10.0 Å². The zero-order valence-electron chi connectivity index (χ0n) is 12.5. The summed E-state index contributed by atoms with van der Waals surface area (Å²) in [6.45, 7) is 8.46. The molecule has 0 saturated heterocycles. The van der Waals surface area contributed by atoms with Gasteiger partial charge in [0.2, 0.25) is 10.0 Å². The highest BCUT2D eigenvalue weighted by molar-refractivity contribution is 7.91. The number of carboxylic acids is 1. The van der Waals surface area contributed by atoms with Crippen LogP contribution in [0.15, 0.2) is 10.3 Å². The number of nitrogens with one attached hydrogen (secondary N) is 1. The second-order valence-electron chi connectivity index (χ2n) is 4.71. The largest absolute Gasteiger partial charge is 0.477 e. The first-order valence-corrected chi connectivity index (χ1v) is 9.17. The van der Waals surface area contributed by atoms with E-state index in [-0.39, 0.29) is 9.09 Å². The minimum Gasteiger partial charge on any atom is -0.477 e. The molecule has 6 nitrogen and oxygen atoms in total. The molecule has 0 unspecified atom stereocenters. The van der Waals surface area contributed by atoms with Gasteiger partial charge in [-0.05, 0) is 38.1 Å². The van der Waals surface area contributed by atoms with Gasteiger partial charge in [0.1, 0.15) is 9.09 Å². The Morgan fingerprint density at radius 2 is 2.05 bits per heavy atom. The SMILES string of the molecule is CCCN(CC)CCNS(=O)(=O)c1cc(C)c(C(=O)O)s1. The van der Waals surface area contributed by atoms with Gasteiger partial charge < -0.3 is 10.0 Å². The van der Waals surface area contributed by atoms with Crippen LogP contribution in [0.5, 0.6) is 0 Å². The van der Waals surface area contributed by atoms with E-state index in [4.69, 9.17) is 5.11 Å². The smallest absolute Gasteiger partial charge is 0.346 e. The third-order valence-corrected chi connectivity index (χ3v) is 6.22. The molecule has 0 aliphatic carbocycles. The van der Waals surface area contributed by atoms with E-state index in [0.29, 0.717) is 18.7 Å². The topological polar surface area (TPSA) is 86.7 Å². The Morgan fingerprint density at radius 1 is 1.38 bits per heavy atom. The predicted molar refractivity (Wildman–Crippen MR) is 83.6 cm³/mol. The summed E-state index contributed by atoms with van der Waals surface area (Å²) in [5, 5.41) is 8.97. The highest BCUT2D eigenvalue weighted by Crippen LogP contribution is 2.25. The Hall–Kier alpha value is -0.960. The molecule has 120 valence electrons. The van der Waals surface area contributed by atoms with Crippen LogP contribution in [0.2, 0.25) is 0 Å². The summed E-state index contributed by atoms with van der Waals surface area (Å²) < 4.78 is 26.8. The van der Waals surface area contributed by atoms with Crippen LogP contribution in [-0.4, -0.2) is 50.6 Å². The number of aryl methyl sites for hydroxylation is 1. The quantitative estimate of drug-likeness (QED) is 0.719. The summed E-state index contributed by atoms with van der Waals surface area (Å²) in [5.41, 5.74) is 0.467. The fourth-order valence-corrected chi connectivity index (χ4v) is 4.40. The Balaban J connectivity index is 2.69. The summed E-state index contributed by atoms with van der Waals surface area (Å²) in [4.78, 5) is 13.2. The second kappa shape index (κ2) is 7.88. The van der Waals surface area contributed by atoms with Crippen molar-refractivity contribution in [1.29, 1.82) is 0 Å². The van der Waals surface area contributed by atoms with Gasteiger partial charge in [-0.15, -0.1) is 11.3 Å². The lowest BCUT2D eigenvalue weighted by Gasteiger charge is -2.19. The number of hydrogen-bond donors (Lipinski definition) is 2. The molecule has 0 aliphatic heterocycles. The van der Waals surface area contributed by atoms with E-state index in [2.05, 4.69) is 16.5 Å². The maximum atomic E-state index is 12.1. The highest BCUT2D eigenvalue weighted by Gasteiger charge is 2.21. The van der Waals surface area contributed by atoms with Crippen molar-refractivity contribution in [3.63, 3.8) is 0 Å². The van der Waals surface area contributed by atoms with E-state index in [9.17, 15) is 13.2 Å². The maximum absolute atomic E-state index is 12.1. The van der Waals surface area contributed by atoms with Gasteiger partial charge in [-0.1, -0.05) is 13.8 Å². The average molecular weight is 334 g/mol. The molecule has 0 radical (unpaired) electrons. The van der Waals surface area contributed by atoms with Gasteiger partial charge in [0.25, 0.3) is 0 Å². The minimum absolute atomic E-state index is 0.0518. The molecule has 0 bridgehead atoms. The number of aromatic carboxylic acids is 1. The number of likely N-dealkylation sites (N-methyl/N-ethyl adjacent to an activating group) is 1. The van der Waals surface area contributed by atoms with Crippen LogP contribution in [0.3, 0.4) is 0 Å². The normalized spacial score (nSPS) is 12.0. The molecule has 0 amide bonds. The van der Waals surface area contributed by atoms with E-state index in [1.807, 2.05) is 6.92 Å². The first-order valence-electron chi connectivity index (χ1n) is 6.87. The lowest BCUT2D eigenvalue weighted by atomic mass is 10.3. The Kier molecular flexibility index (Phi) is 6.79.